The van der Waals surface area contributed by atoms with Gasteiger partial charge in [0.15, 0.2) is 0 Å². The largest absolute Gasteiger partial charge is 0.508 e. The molecular formula is C12H10N2O2. The van der Waals surface area contributed by atoms with Crippen molar-refractivity contribution in [3.63, 3.8) is 0 Å². The number of aromatic hydroxyl groups is 1. The first-order valence-electron chi connectivity index (χ1n) is 4.74. The van der Waals surface area contributed by atoms with Crippen molar-refractivity contribution in [1.29, 1.82) is 0 Å². The minimum Gasteiger partial charge on any atom is -0.508 e. The van der Waals surface area contributed by atoms with Gasteiger partial charge in [0.2, 0.25) is 6.41 Å². The number of rotatable bonds is 3. The molecule has 1 amide bonds. The first kappa shape index (κ1) is 10.2. The molecule has 2 N–H and O–H groups in total. The molecule has 1 aromatic heterocycles. The third-order valence-corrected chi connectivity index (χ3v) is 2.13. The molecule has 0 aliphatic carbocycles. The van der Waals surface area contributed by atoms with Gasteiger partial charge < -0.3 is 10.4 Å². The average molecular weight is 214 g/mol. The Kier molecular flexibility index (Phi) is 2.82. The number of hydrogen-bond acceptors (Lipinski definition) is 3. The molecule has 16 heavy (non-hydrogen) atoms. The predicted molar refractivity (Wildman–Crippen MR) is 61.6 cm³/mol. The van der Waals surface area contributed by atoms with Gasteiger partial charge >= 0.3 is 0 Å². The lowest BCUT2D eigenvalue weighted by Crippen LogP contribution is -1.97. The maximum Gasteiger partial charge on any atom is 0.211 e. The van der Waals surface area contributed by atoms with Crippen molar-refractivity contribution in [2.45, 2.75) is 0 Å². The number of phenols is 1. The Morgan fingerprint density at radius 2 is 2.19 bits per heavy atom. The predicted octanol–water partition coefficient (Wildman–Crippen LogP) is 1.66. The molecule has 4 nitrogen and oxygen atoms in total. The van der Waals surface area contributed by atoms with Gasteiger partial charge in [0.05, 0.1) is 5.52 Å². The van der Waals surface area contributed by atoms with Gasteiger partial charge in [0, 0.05) is 23.8 Å². The van der Waals surface area contributed by atoms with E-state index < -0.39 is 0 Å². The van der Waals surface area contributed by atoms with E-state index in [9.17, 15) is 9.90 Å². The van der Waals surface area contributed by atoms with E-state index in [0.29, 0.717) is 6.41 Å². The van der Waals surface area contributed by atoms with E-state index in [4.69, 9.17) is 0 Å². The molecule has 0 atom stereocenters. The number of nitrogens with one attached hydrogen (secondary N) is 1. The molecule has 1 aromatic carbocycles. The fraction of sp³-hybridized carbons (Fsp3) is 0. The molecule has 0 radical (unpaired) electrons. The minimum atomic E-state index is 0.200. The number of pyridine rings is 1. The molecule has 2 aromatic rings. The standard InChI is InChI=1S/C12H10N2O2/c15-8-13-4-3-9-5-10-1-2-11(16)6-12(10)14-7-9/h1-8,16H,(H,13,15). The lowest BCUT2D eigenvalue weighted by Gasteiger charge is -1.99. The van der Waals surface area contributed by atoms with Crippen molar-refractivity contribution < 1.29 is 9.90 Å². The maximum absolute atomic E-state index is 10.0. The summed E-state index contributed by atoms with van der Waals surface area (Å²) in [5, 5.41) is 12.6. The zero-order chi connectivity index (χ0) is 11.4. The van der Waals surface area contributed by atoms with Crippen LogP contribution >= 0.6 is 0 Å². The number of fused-ring (bicyclic) bond motifs is 1. The summed E-state index contributed by atoms with van der Waals surface area (Å²) in [5.74, 6) is 0.200. The van der Waals surface area contributed by atoms with Gasteiger partial charge in [-0.2, -0.15) is 0 Å². The van der Waals surface area contributed by atoms with Crippen molar-refractivity contribution in [1.82, 2.24) is 10.3 Å². The van der Waals surface area contributed by atoms with E-state index in [-0.39, 0.29) is 5.75 Å². The van der Waals surface area contributed by atoms with Gasteiger partial charge in [-0.1, -0.05) is 0 Å². The molecule has 0 saturated carbocycles. The quantitative estimate of drug-likeness (QED) is 0.764. The van der Waals surface area contributed by atoms with Crippen LogP contribution in [0.3, 0.4) is 0 Å². The second kappa shape index (κ2) is 4.44. The third kappa shape index (κ3) is 2.17. The van der Waals surface area contributed by atoms with Gasteiger partial charge in [0.1, 0.15) is 5.75 Å². The molecule has 0 bridgehead atoms. The van der Waals surface area contributed by atoms with Crippen LogP contribution in [0, 0.1) is 0 Å². The van der Waals surface area contributed by atoms with Crippen molar-refractivity contribution in [3.05, 3.63) is 42.2 Å². The van der Waals surface area contributed by atoms with Crippen LogP contribution in [0.25, 0.3) is 17.0 Å². The monoisotopic (exact) mass is 214 g/mol. The summed E-state index contributed by atoms with van der Waals surface area (Å²) >= 11 is 0. The summed E-state index contributed by atoms with van der Waals surface area (Å²) in [6.45, 7) is 0. The van der Waals surface area contributed by atoms with Gasteiger partial charge in [-0.15, -0.1) is 0 Å². The van der Waals surface area contributed by atoms with Crippen LogP contribution < -0.4 is 5.32 Å². The van der Waals surface area contributed by atoms with Gasteiger partial charge in [-0.3, -0.25) is 9.78 Å². The summed E-state index contributed by atoms with van der Waals surface area (Å²) in [7, 11) is 0. The van der Waals surface area contributed by atoms with Crippen molar-refractivity contribution in [2.75, 3.05) is 0 Å². The Morgan fingerprint density at radius 3 is 3.00 bits per heavy atom. The molecule has 2 rings (SSSR count). The molecular weight excluding hydrogens is 204 g/mol. The molecule has 0 fully saturated rings. The highest BCUT2D eigenvalue weighted by molar-refractivity contribution is 5.81. The van der Waals surface area contributed by atoms with E-state index in [1.807, 2.05) is 6.07 Å². The molecule has 4 heteroatoms. The third-order valence-electron chi connectivity index (χ3n) is 2.13. The fourth-order valence-corrected chi connectivity index (χ4v) is 1.40. The average Bonchev–Trinajstić information content (AvgIpc) is 2.29. The Bertz CT molecular complexity index is 550. The summed E-state index contributed by atoms with van der Waals surface area (Å²) in [5.41, 5.74) is 1.62. The number of hydrogen-bond donors (Lipinski definition) is 2. The molecule has 0 aliphatic heterocycles. The number of phenolic OH excluding ortho intramolecular Hbond substituents is 1. The maximum atomic E-state index is 10.0. The fourth-order valence-electron chi connectivity index (χ4n) is 1.40. The highest BCUT2D eigenvalue weighted by Gasteiger charge is 1.96. The lowest BCUT2D eigenvalue weighted by atomic mass is 10.1. The molecule has 0 aliphatic rings. The first-order chi connectivity index (χ1) is 7.79. The Labute approximate surface area is 92.2 Å². The van der Waals surface area contributed by atoms with Gasteiger partial charge in [-0.05, 0) is 29.8 Å². The molecule has 0 spiro atoms. The second-order valence-electron chi connectivity index (χ2n) is 3.26. The highest BCUT2D eigenvalue weighted by atomic mass is 16.3. The minimum absolute atomic E-state index is 0.200. The van der Waals surface area contributed by atoms with E-state index in [2.05, 4.69) is 10.3 Å². The van der Waals surface area contributed by atoms with Gasteiger partial charge in [-0.25, -0.2) is 0 Å². The zero-order valence-electron chi connectivity index (χ0n) is 8.42. The number of amides is 1. The number of carbonyl (C=O) groups is 1. The smallest absolute Gasteiger partial charge is 0.211 e. The van der Waals surface area contributed by atoms with E-state index in [0.717, 1.165) is 16.5 Å². The molecule has 0 unspecified atom stereocenters. The number of nitrogens with zero attached hydrogens (tertiary/aromatic N) is 1. The van der Waals surface area contributed by atoms with E-state index in [1.165, 1.54) is 6.20 Å². The number of carbonyl (C=O) groups excluding carboxylic acids is 1. The lowest BCUT2D eigenvalue weighted by molar-refractivity contribution is -0.108. The number of benzene rings is 1. The van der Waals surface area contributed by atoms with Crippen LogP contribution in [0.2, 0.25) is 0 Å². The Morgan fingerprint density at radius 1 is 1.31 bits per heavy atom. The van der Waals surface area contributed by atoms with E-state index in [1.54, 1.807) is 30.5 Å². The van der Waals surface area contributed by atoms with Crippen LogP contribution in [-0.2, 0) is 4.79 Å². The van der Waals surface area contributed by atoms with Crippen LogP contribution in [-0.4, -0.2) is 16.5 Å². The summed E-state index contributed by atoms with van der Waals surface area (Å²) < 4.78 is 0. The number of aromatic nitrogens is 1. The van der Waals surface area contributed by atoms with Crippen molar-refractivity contribution >= 4 is 23.4 Å². The summed E-state index contributed by atoms with van der Waals surface area (Å²) in [6, 6.07) is 6.93. The molecule has 1 heterocycles. The molecule has 80 valence electrons. The summed E-state index contributed by atoms with van der Waals surface area (Å²) in [6.07, 6.45) is 5.55. The molecule has 0 saturated heterocycles. The van der Waals surface area contributed by atoms with Crippen LogP contribution in [0.1, 0.15) is 5.56 Å². The highest BCUT2D eigenvalue weighted by Crippen LogP contribution is 2.19. The van der Waals surface area contributed by atoms with E-state index >= 15 is 0 Å². The van der Waals surface area contributed by atoms with Crippen LogP contribution in [0.4, 0.5) is 0 Å². The summed E-state index contributed by atoms with van der Waals surface area (Å²) in [4.78, 5) is 14.2. The van der Waals surface area contributed by atoms with Crippen LogP contribution in [0.15, 0.2) is 36.7 Å². The normalized spacial score (nSPS) is 10.8. The van der Waals surface area contributed by atoms with Crippen LogP contribution in [0.5, 0.6) is 5.75 Å². The topological polar surface area (TPSA) is 62.2 Å². The Hall–Kier alpha value is -2.36. The Balaban J connectivity index is 2.36. The van der Waals surface area contributed by atoms with Gasteiger partial charge in [0.25, 0.3) is 0 Å². The first-order valence-corrected chi connectivity index (χ1v) is 4.74. The van der Waals surface area contributed by atoms with Crippen molar-refractivity contribution in [2.24, 2.45) is 0 Å². The van der Waals surface area contributed by atoms with Crippen molar-refractivity contribution in [3.8, 4) is 5.75 Å². The SMILES string of the molecule is O=CNC=Cc1cnc2cc(O)ccc2c1. The zero-order valence-corrected chi connectivity index (χ0v) is 8.42. The second-order valence-corrected chi connectivity index (χ2v) is 3.26.